The molecule has 0 aliphatic carbocycles. The summed E-state index contributed by atoms with van der Waals surface area (Å²) in [4.78, 5) is 12.4. The first-order valence-electron chi connectivity index (χ1n) is 6.44. The molecule has 0 radical (unpaired) electrons. The molecule has 0 heterocycles. The van der Waals surface area contributed by atoms with E-state index in [-0.39, 0.29) is 5.78 Å². The molecule has 0 atom stereocenters. The van der Waals surface area contributed by atoms with Gasteiger partial charge in [-0.3, -0.25) is 4.79 Å². The fourth-order valence-corrected chi connectivity index (χ4v) is 2.37. The molecule has 0 fully saturated rings. The minimum atomic E-state index is -0.207. The predicted octanol–water partition coefficient (Wildman–Crippen LogP) is 4.91. The predicted molar refractivity (Wildman–Crippen MR) is 89.4 cm³/mol. The van der Waals surface area contributed by atoms with E-state index in [4.69, 9.17) is 32.7 Å². The Balaban J connectivity index is 2.30. The van der Waals surface area contributed by atoms with Crippen LogP contribution in [0.5, 0.6) is 11.5 Å². The van der Waals surface area contributed by atoms with Crippen LogP contribution in [0, 0.1) is 0 Å². The van der Waals surface area contributed by atoms with Gasteiger partial charge in [-0.15, -0.1) is 0 Å². The van der Waals surface area contributed by atoms with Gasteiger partial charge in [0.1, 0.15) is 11.5 Å². The first kappa shape index (κ1) is 16.4. The van der Waals surface area contributed by atoms with Crippen molar-refractivity contribution < 1.29 is 14.3 Å². The highest BCUT2D eigenvalue weighted by Crippen LogP contribution is 2.26. The van der Waals surface area contributed by atoms with Crippen molar-refractivity contribution >= 4 is 35.1 Å². The fraction of sp³-hybridized carbons (Fsp3) is 0.118. The number of benzene rings is 2. The van der Waals surface area contributed by atoms with E-state index < -0.39 is 0 Å². The van der Waals surface area contributed by atoms with Crippen molar-refractivity contribution in [3.8, 4) is 11.5 Å². The molecule has 114 valence electrons. The zero-order chi connectivity index (χ0) is 16.1. The second kappa shape index (κ2) is 7.34. The van der Waals surface area contributed by atoms with Gasteiger partial charge in [-0.1, -0.05) is 29.3 Å². The highest BCUT2D eigenvalue weighted by molar-refractivity contribution is 6.35. The van der Waals surface area contributed by atoms with E-state index in [2.05, 4.69) is 0 Å². The molecular formula is C17H14Cl2O3. The maximum Gasteiger partial charge on any atom is 0.189 e. The Morgan fingerprint density at radius 1 is 1.05 bits per heavy atom. The van der Waals surface area contributed by atoms with Crippen molar-refractivity contribution in [3.63, 3.8) is 0 Å². The van der Waals surface area contributed by atoms with Crippen molar-refractivity contribution in [2.75, 3.05) is 14.2 Å². The molecule has 0 aliphatic rings. The summed E-state index contributed by atoms with van der Waals surface area (Å²) >= 11 is 11.9. The van der Waals surface area contributed by atoms with Crippen LogP contribution in [-0.4, -0.2) is 20.0 Å². The molecule has 0 spiro atoms. The maximum absolute atomic E-state index is 12.4. The summed E-state index contributed by atoms with van der Waals surface area (Å²) < 4.78 is 10.3. The lowest BCUT2D eigenvalue weighted by Crippen LogP contribution is -1.99. The number of hydrogen-bond acceptors (Lipinski definition) is 3. The van der Waals surface area contributed by atoms with Gasteiger partial charge in [0.2, 0.25) is 0 Å². The van der Waals surface area contributed by atoms with E-state index in [9.17, 15) is 4.79 Å². The number of carbonyl (C=O) groups excluding carboxylic acids is 1. The second-order valence-corrected chi connectivity index (χ2v) is 5.27. The summed E-state index contributed by atoms with van der Waals surface area (Å²) in [5.41, 5.74) is 1.13. The molecule has 0 bridgehead atoms. The van der Waals surface area contributed by atoms with Crippen LogP contribution in [0.3, 0.4) is 0 Å². The number of ketones is 1. The van der Waals surface area contributed by atoms with Gasteiger partial charge < -0.3 is 9.47 Å². The van der Waals surface area contributed by atoms with Crippen molar-refractivity contribution in [2.24, 2.45) is 0 Å². The van der Waals surface area contributed by atoms with Gasteiger partial charge in [0.25, 0.3) is 0 Å². The Morgan fingerprint density at radius 3 is 2.45 bits per heavy atom. The van der Waals surface area contributed by atoms with Gasteiger partial charge in [-0.2, -0.15) is 0 Å². The lowest BCUT2D eigenvalue weighted by molar-refractivity contribution is 0.104. The molecular weight excluding hydrogens is 323 g/mol. The molecule has 0 unspecified atom stereocenters. The number of methoxy groups -OCH3 is 2. The monoisotopic (exact) mass is 336 g/mol. The topological polar surface area (TPSA) is 35.5 Å². The van der Waals surface area contributed by atoms with Crippen LogP contribution < -0.4 is 9.47 Å². The largest absolute Gasteiger partial charge is 0.497 e. The third-order valence-electron chi connectivity index (χ3n) is 3.05. The van der Waals surface area contributed by atoms with Gasteiger partial charge in [0, 0.05) is 10.0 Å². The van der Waals surface area contributed by atoms with Gasteiger partial charge in [0.05, 0.1) is 19.8 Å². The molecule has 3 nitrogen and oxygen atoms in total. The summed E-state index contributed by atoms with van der Waals surface area (Å²) in [5, 5.41) is 1.03. The van der Waals surface area contributed by atoms with Gasteiger partial charge in [-0.05, 0) is 48.0 Å². The molecule has 0 amide bonds. The first-order chi connectivity index (χ1) is 10.5. The van der Waals surface area contributed by atoms with Crippen LogP contribution in [0.15, 0.2) is 42.5 Å². The van der Waals surface area contributed by atoms with E-state index in [0.717, 1.165) is 0 Å². The van der Waals surface area contributed by atoms with E-state index in [1.807, 2.05) is 0 Å². The van der Waals surface area contributed by atoms with Crippen LogP contribution in [0.1, 0.15) is 15.9 Å². The normalized spacial score (nSPS) is 10.7. The number of rotatable bonds is 5. The molecule has 2 rings (SSSR count). The smallest absolute Gasteiger partial charge is 0.189 e. The van der Waals surface area contributed by atoms with Gasteiger partial charge in [0.15, 0.2) is 5.78 Å². The van der Waals surface area contributed by atoms with Gasteiger partial charge in [-0.25, -0.2) is 0 Å². The van der Waals surface area contributed by atoms with Gasteiger partial charge >= 0.3 is 0 Å². The Labute approximate surface area is 139 Å². The molecule has 2 aromatic carbocycles. The molecule has 0 aliphatic heterocycles. The number of carbonyl (C=O) groups is 1. The number of ether oxygens (including phenoxy) is 2. The molecule has 0 N–H and O–H groups in total. The minimum absolute atomic E-state index is 0.207. The highest BCUT2D eigenvalue weighted by atomic mass is 35.5. The minimum Gasteiger partial charge on any atom is -0.497 e. The van der Waals surface area contributed by atoms with E-state index in [1.54, 1.807) is 49.6 Å². The number of allylic oxidation sites excluding steroid dienone is 1. The fourth-order valence-electron chi connectivity index (χ4n) is 1.90. The maximum atomic E-state index is 12.4. The summed E-state index contributed by atoms with van der Waals surface area (Å²) in [6.07, 6.45) is 3.08. The third kappa shape index (κ3) is 3.81. The average Bonchev–Trinajstić information content (AvgIpc) is 2.53. The van der Waals surface area contributed by atoms with E-state index in [1.165, 1.54) is 13.2 Å². The van der Waals surface area contributed by atoms with Crippen LogP contribution in [0.25, 0.3) is 6.08 Å². The van der Waals surface area contributed by atoms with E-state index >= 15 is 0 Å². The first-order valence-corrected chi connectivity index (χ1v) is 7.20. The lowest BCUT2D eigenvalue weighted by Gasteiger charge is -2.08. The van der Waals surface area contributed by atoms with Crippen LogP contribution in [-0.2, 0) is 0 Å². The van der Waals surface area contributed by atoms with Crippen molar-refractivity contribution in [3.05, 3.63) is 63.6 Å². The quantitative estimate of drug-likeness (QED) is 0.575. The standard InChI is InChI=1S/C17H14Cl2O3/c1-21-13-6-8-17(22-2)14(10-13)16(20)7-4-11-3-5-12(18)9-15(11)19/h3-10H,1-2H3/b7-4-. The highest BCUT2D eigenvalue weighted by Gasteiger charge is 2.11. The van der Waals surface area contributed by atoms with Crippen LogP contribution in [0.4, 0.5) is 0 Å². The molecule has 22 heavy (non-hydrogen) atoms. The molecule has 2 aromatic rings. The van der Waals surface area contributed by atoms with Crippen LogP contribution in [0.2, 0.25) is 10.0 Å². The van der Waals surface area contributed by atoms with Crippen LogP contribution >= 0.6 is 23.2 Å². The summed E-state index contributed by atoms with van der Waals surface area (Å²) in [6.45, 7) is 0. The second-order valence-electron chi connectivity index (χ2n) is 4.43. The van der Waals surface area contributed by atoms with Crippen molar-refractivity contribution in [2.45, 2.75) is 0 Å². The van der Waals surface area contributed by atoms with Crippen molar-refractivity contribution in [1.82, 2.24) is 0 Å². The summed E-state index contributed by atoms with van der Waals surface area (Å²) in [5.74, 6) is 0.862. The zero-order valence-corrected chi connectivity index (χ0v) is 13.6. The SMILES string of the molecule is COc1ccc(OC)c(C(=O)/C=C\c2ccc(Cl)cc2Cl)c1. The number of halogens is 2. The Bertz CT molecular complexity index is 724. The third-order valence-corrected chi connectivity index (χ3v) is 3.61. The summed E-state index contributed by atoms with van der Waals surface area (Å²) in [6, 6.07) is 10.1. The average molecular weight is 337 g/mol. The Kier molecular flexibility index (Phi) is 5.47. The Morgan fingerprint density at radius 2 is 1.82 bits per heavy atom. The number of hydrogen-bond donors (Lipinski definition) is 0. The summed E-state index contributed by atoms with van der Waals surface area (Å²) in [7, 11) is 3.05. The molecule has 5 heteroatoms. The lowest BCUT2D eigenvalue weighted by atomic mass is 10.1. The molecule has 0 aromatic heterocycles. The molecule has 0 saturated carbocycles. The Hall–Kier alpha value is -1.97. The zero-order valence-electron chi connectivity index (χ0n) is 12.1. The van der Waals surface area contributed by atoms with Crippen molar-refractivity contribution in [1.29, 1.82) is 0 Å². The van der Waals surface area contributed by atoms with E-state index in [0.29, 0.717) is 32.7 Å². The molecule has 0 saturated heterocycles.